The minimum atomic E-state index is -3.13. The summed E-state index contributed by atoms with van der Waals surface area (Å²) in [6, 6.07) is 3.08. The number of fused-ring (bicyclic) bond motifs is 1. The number of sulfone groups is 1. The fourth-order valence-corrected chi connectivity index (χ4v) is 3.41. The predicted molar refractivity (Wildman–Crippen MR) is 75.3 cm³/mol. The lowest BCUT2D eigenvalue weighted by Gasteiger charge is -2.18. The summed E-state index contributed by atoms with van der Waals surface area (Å²) in [4.78, 5) is 11.3. The minimum Gasteiger partial charge on any atom is -0.325 e. The number of amides is 1. The van der Waals surface area contributed by atoms with E-state index in [9.17, 15) is 13.2 Å². The van der Waals surface area contributed by atoms with E-state index in [1.54, 1.807) is 19.2 Å². The number of carbonyl (C=O) groups is 1. The second-order valence-corrected chi connectivity index (χ2v) is 7.28. The Morgan fingerprint density at radius 1 is 1.47 bits per heavy atom. The van der Waals surface area contributed by atoms with Crippen LogP contribution in [-0.2, 0) is 21.1 Å². The average molecular weight is 303 g/mol. The highest BCUT2D eigenvalue weighted by atomic mass is 35.5. The van der Waals surface area contributed by atoms with Crippen molar-refractivity contribution in [1.82, 2.24) is 5.32 Å². The van der Waals surface area contributed by atoms with Gasteiger partial charge in [-0.25, -0.2) is 8.42 Å². The third-order valence-corrected chi connectivity index (χ3v) is 4.31. The first-order chi connectivity index (χ1) is 8.80. The van der Waals surface area contributed by atoms with E-state index in [1.165, 1.54) is 6.26 Å². The molecule has 7 heteroatoms. The second-order valence-electron chi connectivity index (χ2n) is 4.69. The van der Waals surface area contributed by atoms with Crippen molar-refractivity contribution in [3.8, 4) is 0 Å². The van der Waals surface area contributed by atoms with Gasteiger partial charge in [0.15, 0.2) is 0 Å². The molecule has 0 saturated heterocycles. The zero-order valence-electron chi connectivity index (χ0n) is 10.7. The minimum absolute atomic E-state index is 0.0383. The number of anilines is 1. The van der Waals surface area contributed by atoms with Gasteiger partial charge in [0.25, 0.3) is 0 Å². The smallest absolute Gasteiger partial charge is 0.228 e. The van der Waals surface area contributed by atoms with Crippen molar-refractivity contribution in [3.05, 3.63) is 28.3 Å². The first-order valence-corrected chi connectivity index (χ1v) is 8.21. The molecule has 1 aromatic carbocycles. The van der Waals surface area contributed by atoms with Crippen LogP contribution in [0.4, 0.5) is 5.69 Å². The number of halogens is 1. The van der Waals surface area contributed by atoms with Crippen LogP contribution in [-0.4, -0.2) is 33.4 Å². The highest BCUT2D eigenvalue weighted by molar-refractivity contribution is 7.90. The molecule has 0 aliphatic carbocycles. The molecule has 0 radical (unpaired) electrons. The van der Waals surface area contributed by atoms with Gasteiger partial charge in [0.05, 0.1) is 12.2 Å². The maximum atomic E-state index is 11.4. The quantitative estimate of drug-likeness (QED) is 0.874. The van der Waals surface area contributed by atoms with Gasteiger partial charge in [-0.1, -0.05) is 17.7 Å². The lowest BCUT2D eigenvalue weighted by atomic mass is 10.0. The van der Waals surface area contributed by atoms with Gasteiger partial charge >= 0.3 is 0 Å². The van der Waals surface area contributed by atoms with Crippen molar-refractivity contribution in [3.63, 3.8) is 0 Å². The molecule has 1 aliphatic rings. The van der Waals surface area contributed by atoms with Gasteiger partial charge in [-0.3, -0.25) is 4.79 Å². The lowest BCUT2D eigenvalue weighted by Crippen LogP contribution is -2.25. The molecule has 2 rings (SSSR count). The van der Waals surface area contributed by atoms with E-state index in [2.05, 4.69) is 10.6 Å². The Hall–Kier alpha value is -1.11. The van der Waals surface area contributed by atoms with Crippen LogP contribution >= 0.6 is 11.6 Å². The van der Waals surface area contributed by atoms with Gasteiger partial charge in [-0.2, -0.15) is 0 Å². The molecule has 1 aromatic rings. The van der Waals surface area contributed by atoms with E-state index in [0.29, 0.717) is 22.7 Å². The van der Waals surface area contributed by atoms with Crippen molar-refractivity contribution in [2.24, 2.45) is 0 Å². The Morgan fingerprint density at radius 2 is 2.16 bits per heavy atom. The largest absolute Gasteiger partial charge is 0.325 e. The maximum Gasteiger partial charge on any atom is 0.228 e. The molecule has 1 aliphatic heterocycles. The fraction of sp³-hybridized carbons (Fsp3) is 0.417. The summed E-state index contributed by atoms with van der Waals surface area (Å²) in [7, 11) is -1.45. The van der Waals surface area contributed by atoms with Gasteiger partial charge in [0.2, 0.25) is 5.91 Å². The van der Waals surface area contributed by atoms with Crippen LogP contribution in [0.15, 0.2) is 12.1 Å². The molecule has 19 heavy (non-hydrogen) atoms. The monoisotopic (exact) mass is 302 g/mol. The summed E-state index contributed by atoms with van der Waals surface area (Å²) in [6.07, 6.45) is 1.48. The fourth-order valence-electron chi connectivity index (χ4n) is 2.17. The average Bonchev–Trinajstić information content (AvgIpc) is 2.63. The summed E-state index contributed by atoms with van der Waals surface area (Å²) in [5.74, 6) is -0.115. The highest BCUT2D eigenvalue weighted by Crippen LogP contribution is 2.33. The molecule has 0 fully saturated rings. The molecule has 104 valence electrons. The third-order valence-electron chi connectivity index (χ3n) is 3.04. The van der Waals surface area contributed by atoms with Gasteiger partial charge < -0.3 is 10.6 Å². The van der Waals surface area contributed by atoms with Crippen molar-refractivity contribution in [2.45, 2.75) is 12.5 Å². The molecule has 0 aromatic heterocycles. The van der Waals surface area contributed by atoms with E-state index in [-0.39, 0.29) is 17.7 Å². The van der Waals surface area contributed by atoms with Crippen LogP contribution in [0.1, 0.15) is 17.2 Å². The summed E-state index contributed by atoms with van der Waals surface area (Å²) in [5, 5.41) is 6.11. The first-order valence-electron chi connectivity index (χ1n) is 5.77. The second kappa shape index (κ2) is 5.11. The highest BCUT2D eigenvalue weighted by Gasteiger charge is 2.24. The van der Waals surface area contributed by atoms with Crippen LogP contribution in [0.25, 0.3) is 0 Å². The Kier molecular flexibility index (Phi) is 3.85. The number of carbonyl (C=O) groups excluding carboxylic acids is 1. The summed E-state index contributed by atoms with van der Waals surface area (Å²) >= 11 is 6.17. The van der Waals surface area contributed by atoms with Gasteiger partial charge in [-0.15, -0.1) is 0 Å². The zero-order chi connectivity index (χ0) is 14.2. The number of hydrogen-bond acceptors (Lipinski definition) is 4. The molecule has 5 nitrogen and oxygen atoms in total. The van der Waals surface area contributed by atoms with Crippen LogP contribution in [0.5, 0.6) is 0 Å². The molecular formula is C12H15ClN2O3S. The Morgan fingerprint density at radius 3 is 2.74 bits per heavy atom. The molecule has 0 bridgehead atoms. The summed E-state index contributed by atoms with van der Waals surface area (Å²) < 4.78 is 22.8. The van der Waals surface area contributed by atoms with Gasteiger partial charge in [0, 0.05) is 23.0 Å². The summed E-state index contributed by atoms with van der Waals surface area (Å²) in [5.41, 5.74) is 2.25. The third kappa shape index (κ3) is 3.26. The molecule has 1 heterocycles. The van der Waals surface area contributed by atoms with E-state index in [0.717, 1.165) is 5.56 Å². The molecule has 0 spiro atoms. The standard InChI is InChI=1S/C12H15ClN2O3S/c1-14-11(6-19(2,17)18)8-3-7-4-12(16)15-10(7)5-9(8)13/h3,5,11,14H,4,6H2,1-2H3,(H,15,16). The lowest BCUT2D eigenvalue weighted by molar-refractivity contribution is -0.115. The van der Waals surface area contributed by atoms with Crippen LogP contribution in [0.2, 0.25) is 5.02 Å². The number of nitrogens with one attached hydrogen (secondary N) is 2. The normalized spacial score (nSPS) is 16.1. The van der Waals surface area contributed by atoms with E-state index in [1.807, 2.05) is 0 Å². The maximum absolute atomic E-state index is 11.4. The van der Waals surface area contributed by atoms with E-state index in [4.69, 9.17) is 11.6 Å². The molecule has 2 N–H and O–H groups in total. The van der Waals surface area contributed by atoms with Crippen LogP contribution < -0.4 is 10.6 Å². The topological polar surface area (TPSA) is 75.3 Å². The Bertz CT molecular complexity index is 628. The van der Waals surface area contributed by atoms with Gasteiger partial charge in [-0.05, 0) is 24.2 Å². The number of hydrogen-bond donors (Lipinski definition) is 2. The number of rotatable bonds is 4. The molecular weight excluding hydrogens is 288 g/mol. The molecule has 1 unspecified atom stereocenters. The van der Waals surface area contributed by atoms with Crippen LogP contribution in [0.3, 0.4) is 0 Å². The van der Waals surface area contributed by atoms with Crippen molar-refractivity contribution in [1.29, 1.82) is 0 Å². The SMILES string of the molecule is CNC(CS(C)(=O)=O)c1cc2c(cc1Cl)NC(=O)C2. The molecule has 0 saturated carbocycles. The van der Waals surface area contributed by atoms with Crippen molar-refractivity contribution < 1.29 is 13.2 Å². The van der Waals surface area contributed by atoms with E-state index < -0.39 is 9.84 Å². The first kappa shape index (κ1) is 14.3. The zero-order valence-corrected chi connectivity index (χ0v) is 12.2. The summed E-state index contributed by atoms with van der Waals surface area (Å²) in [6.45, 7) is 0. The number of benzene rings is 1. The van der Waals surface area contributed by atoms with E-state index >= 15 is 0 Å². The Balaban J connectivity index is 2.39. The Labute approximate surface area is 117 Å². The molecule has 1 amide bonds. The predicted octanol–water partition coefficient (Wildman–Crippen LogP) is 1.14. The van der Waals surface area contributed by atoms with Crippen molar-refractivity contribution in [2.75, 3.05) is 24.4 Å². The van der Waals surface area contributed by atoms with Crippen molar-refractivity contribution >= 4 is 33.0 Å². The molecule has 1 atom stereocenters. The van der Waals surface area contributed by atoms with Crippen LogP contribution in [0, 0.1) is 0 Å². The van der Waals surface area contributed by atoms with Gasteiger partial charge in [0.1, 0.15) is 9.84 Å².